The van der Waals surface area contributed by atoms with Gasteiger partial charge in [-0.2, -0.15) is 0 Å². The van der Waals surface area contributed by atoms with Crippen molar-refractivity contribution in [1.29, 1.82) is 0 Å². The summed E-state index contributed by atoms with van der Waals surface area (Å²) in [5, 5.41) is 15.8. The Labute approximate surface area is 161 Å². The predicted octanol–water partition coefficient (Wildman–Crippen LogP) is 3.02. The van der Waals surface area contributed by atoms with Crippen molar-refractivity contribution in [2.45, 2.75) is 6.42 Å². The Balaban J connectivity index is 1.24. The Kier molecular flexibility index (Phi) is 5.24. The van der Waals surface area contributed by atoms with E-state index in [1.165, 1.54) is 0 Å². The van der Waals surface area contributed by atoms with E-state index in [4.69, 9.17) is 9.26 Å². The third kappa shape index (κ3) is 4.15. The highest BCUT2D eigenvalue weighted by Gasteiger charge is 2.11. The fourth-order valence-electron chi connectivity index (χ4n) is 2.79. The highest BCUT2D eigenvalue weighted by atomic mass is 16.5. The summed E-state index contributed by atoms with van der Waals surface area (Å²) in [6.45, 7) is 0.654. The van der Waals surface area contributed by atoms with Gasteiger partial charge >= 0.3 is 0 Å². The van der Waals surface area contributed by atoms with Crippen molar-refractivity contribution < 1.29 is 14.1 Å². The molecule has 0 spiro atoms. The molecule has 0 saturated heterocycles. The number of amides is 1. The Hall–Kier alpha value is -3.74. The van der Waals surface area contributed by atoms with Crippen LogP contribution in [0.1, 0.15) is 5.69 Å². The van der Waals surface area contributed by atoms with Gasteiger partial charge in [-0.3, -0.25) is 4.79 Å². The highest BCUT2D eigenvalue weighted by Crippen LogP contribution is 2.18. The van der Waals surface area contributed by atoms with Crippen LogP contribution in [0.3, 0.4) is 0 Å². The van der Waals surface area contributed by atoms with Gasteiger partial charge in [0.25, 0.3) is 0 Å². The molecule has 28 heavy (non-hydrogen) atoms. The van der Waals surface area contributed by atoms with Crippen LogP contribution in [0.4, 0.5) is 0 Å². The molecule has 2 aromatic carbocycles. The first-order valence-electron chi connectivity index (χ1n) is 8.91. The van der Waals surface area contributed by atoms with E-state index in [1.54, 1.807) is 6.07 Å². The van der Waals surface area contributed by atoms with Gasteiger partial charge in [0, 0.05) is 17.0 Å². The second kappa shape index (κ2) is 8.30. The topological polar surface area (TPSA) is 90.1 Å². The molecular weight excluding hydrogens is 356 g/mol. The monoisotopic (exact) mass is 374 g/mol. The molecule has 2 heterocycles. The molecule has 0 aliphatic heterocycles. The van der Waals surface area contributed by atoms with Crippen LogP contribution in [0.2, 0.25) is 0 Å². The van der Waals surface area contributed by atoms with Crippen LogP contribution in [0.5, 0.6) is 5.88 Å². The van der Waals surface area contributed by atoms with E-state index in [0.29, 0.717) is 30.3 Å². The number of carbonyl (C=O) groups is 1. The molecule has 0 atom stereocenters. The Morgan fingerprint density at radius 2 is 1.79 bits per heavy atom. The van der Waals surface area contributed by atoms with Crippen LogP contribution in [0.25, 0.3) is 22.2 Å². The minimum absolute atomic E-state index is 0.145. The second-order valence-corrected chi connectivity index (χ2v) is 6.12. The molecule has 0 radical (unpaired) electrons. The lowest BCUT2D eigenvalue weighted by atomic mass is 10.1. The predicted molar refractivity (Wildman–Crippen MR) is 104 cm³/mol. The van der Waals surface area contributed by atoms with E-state index < -0.39 is 0 Å². The van der Waals surface area contributed by atoms with E-state index >= 15 is 0 Å². The van der Waals surface area contributed by atoms with Gasteiger partial charge in [-0.05, 0) is 18.2 Å². The van der Waals surface area contributed by atoms with Crippen molar-refractivity contribution in [3.63, 3.8) is 0 Å². The summed E-state index contributed by atoms with van der Waals surface area (Å²) in [5.41, 5.74) is 3.07. The summed E-state index contributed by atoms with van der Waals surface area (Å²) >= 11 is 0. The number of benzene rings is 2. The average Bonchev–Trinajstić information content (AvgIpc) is 3.15. The van der Waals surface area contributed by atoms with E-state index in [0.717, 1.165) is 16.6 Å². The summed E-state index contributed by atoms with van der Waals surface area (Å²) in [6, 6.07) is 20.9. The van der Waals surface area contributed by atoms with Crippen LogP contribution < -0.4 is 10.1 Å². The first-order chi connectivity index (χ1) is 13.8. The van der Waals surface area contributed by atoms with Crippen LogP contribution >= 0.6 is 0 Å². The number of para-hydroxylation sites is 1. The number of hydrogen-bond acceptors (Lipinski definition) is 6. The number of hydrogen-bond donors (Lipinski definition) is 1. The number of nitrogens with zero attached hydrogens (tertiary/aromatic N) is 3. The third-order valence-corrected chi connectivity index (χ3v) is 4.16. The van der Waals surface area contributed by atoms with Gasteiger partial charge in [-0.1, -0.05) is 47.6 Å². The maximum atomic E-state index is 12.1. The Morgan fingerprint density at radius 3 is 2.61 bits per heavy atom. The zero-order valence-corrected chi connectivity index (χ0v) is 15.0. The van der Waals surface area contributed by atoms with Crippen molar-refractivity contribution in [3.8, 4) is 17.1 Å². The Morgan fingerprint density at radius 1 is 0.964 bits per heavy atom. The smallest absolute Gasteiger partial charge is 0.233 e. The zero-order chi connectivity index (χ0) is 19.2. The lowest BCUT2D eigenvalue weighted by Crippen LogP contribution is -2.29. The minimum atomic E-state index is -0.145. The van der Waals surface area contributed by atoms with Gasteiger partial charge in [-0.15, -0.1) is 10.2 Å². The lowest BCUT2D eigenvalue weighted by Gasteiger charge is -2.07. The van der Waals surface area contributed by atoms with Gasteiger partial charge in [0.05, 0.1) is 18.7 Å². The minimum Gasteiger partial charge on any atom is -0.475 e. The number of fused-ring (bicyclic) bond motifs is 1. The maximum absolute atomic E-state index is 12.1. The van der Waals surface area contributed by atoms with Crippen molar-refractivity contribution >= 4 is 16.9 Å². The van der Waals surface area contributed by atoms with E-state index in [9.17, 15) is 4.79 Å². The number of carbonyl (C=O) groups excluding carboxylic acids is 1. The fourth-order valence-corrected chi connectivity index (χ4v) is 2.79. The molecule has 0 aliphatic rings. The summed E-state index contributed by atoms with van der Waals surface area (Å²) in [4.78, 5) is 12.1. The second-order valence-electron chi connectivity index (χ2n) is 6.12. The van der Waals surface area contributed by atoms with Crippen LogP contribution in [0.15, 0.2) is 71.3 Å². The largest absolute Gasteiger partial charge is 0.475 e. The first-order valence-corrected chi connectivity index (χ1v) is 8.91. The summed E-state index contributed by atoms with van der Waals surface area (Å²) < 4.78 is 10.7. The number of aromatic nitrogens is 3. The number of rotatable bonds is 7. The number of nitrogens with one attached hydrogen (secondary N) is 1. The van der Waals surface area contributed by atoms with Crippen LogP contribution in [-0.4, -0.2) is 34.4 Å². The molecular formula is C21H18N4O3. The van der Waals surface area contributed by atoms with Crippen molar-refractivity contribution in [1.82, 2.24) is 20.7 Å². The first kappa shape index (κ1) is 17.7. The highest BCUT2D eigenvalue weighted by molar-refractivity contribution is 5.86. The molecule has 1 amide bonds. The van der Waals surface area contributed by atoms with Gasteiger partial charge in [-0.25, -0.2) is 0 Å². The maximum Gasteiger partial charge on any atom is 0.233 e. The van der Waals surface area contributed by atoms with Crippen molar-refractivity contribution in [3.05, 3.63) is 72.4 Å². The molecule has 0 saturated carbocycles. The molecule has 4 aromatic rings. The molecule has 4 rings (SSSR count). The standard InChI is InChI=1S/C21H18N4O3/c26-20(14-18-16-8-4-5-9-19(16)28-25-18)22-12-13-27-21-11-10-17(23-24-21)15-6-2-1-3-7-15/h1-11H,12-14H2,(H,22,26). The van der Waals surface area contributed by atoms with Gasteiger partial charge in [0.1, 0.15) is 12.3 Å². The molecule has 7 heteroatoms. The summed E-state index contributed by atoms with van der Waals surface area (Å²) in [5.74, 6) is 0.268. The molecule has 2 aromatic heterocycles. The molecule has 0 bridgehead atoms. The fraction of sp³-hybridized carbons (Fsp3) is 0.143. The third-order valence-electron chi connectivity index (χ3n) is 4.16. The van der Waals surface area contributed by atoms with Gasteiger partial charge in [0.2, 0.25) is 11.8 Å². The van der Waals surface area contributed by atoms with Crippen molar-refractivity contribution in [2.75, 3.05) is 13.2 Å². The molecule has 0 fully saturated rings. The average molecular weight is 374 g/mol. The molecule has 0 unspecified atom stereocenters. The van der Waals surface area contributed by atoms with E-state index in [1.807, 2.05) is 60.7 Å². The summed E-state index contributed by atoms with van der Waals surface area (Å²) in [7, 11) is 0. The molecule has 0 aliphatic carbocycles. The number of ether oxygens (including phenoxy) is 1. The molecule has 1 N–H and O–H groups in total. The van der Waals surface area contributed by atoms with Gasteiger partial charge in [0.15, 0.2) is 5.58 Å². The van der Waals surface area contributed by atoms with E-state index in [-0.39, 0.29) is 12.3 Å². The lowest BCUT2D eigenvalue weighted by molar-refractivity contribution is -0.120. The normalized spacial score (nSPS) is 10.7. The van der Waals surface area contributed by atoms with Crippen molar-refractivity contribution in [2.24, 2.45) is 0 Å². The molecule has 7 nitrogen and oxygen atoms in total. The van der Waals surface area contributed by atoms with Crippen LogP contribution in [-0.2, 0) is 11.2 Å². The van der Waals surface area contributed by atoms with E-state index in [2.05, 4.69) is 20.7 Å². The Bertz CT molecular complexity index is 1060. The quantitative estimate of drug-likeness (QED) is 0.500. The van der Waals surface area contributed by atoms with Gasteiger partial charge < -0.3 is 14.6 Å². The molecule has 140 valence electrons. The van der Waals surface area contributed by atoms with Crippen LogP contribution in [0, 0.1) is 0 Å². The summed E-state index contributed by atoms with van der Waals surface area (Å²) in [6.07, 6.45) is 0.155. The SMILES string of the molecule is O=C(Cc1noc2ccccc12)NCCOc1ccc(-c2ccccc2)nn1. The zero-order valence-electron chi connectivity index (χ0n) is 15.0.